The van der Waals surface area contributed by atoms with Crippen molar-refractivity contribution in [2.24, 2.45) is 5.10 Å². The highest BCUT2D eigenvalue weighted by Gasteiger charge is 2.06. The Balaban J connectivity index is 1.44. The topological polar surface area (TPSA) is 52.3 Å². The summed E-state index contributed by atoms with van der Waals surface area (Å²) in [7, 11) is 0. The summed E-state index contributed by atoms with van der Waals surface area (Å²) in [4.78, 5) is 0. The van der Waals surface area contributed by atoms with E-state index in [0.717, 1.165) is 27.8 Å². The van der Waals surface area contributed by atoms with Crippen molar-refractivity contribution in [1.82, 2.24) is 14.9 Å². The lowest BCUT2D eigenvalue weighted by Crippen LogP contribution is -1.99. The van der Waals surface area contributed by atoms with E-state index in [0.29, 0.717) is 11.6 Å². The molecule has 0 saturated carbocycles. The Morgan fingerprint density at radius 1 is 0.967 bits per heavy atom. The Morgan fingerprint density at radius 3 is 2.63 bits per heavy atom. The van der Waals surface area contributed by atoms with Gasteiger partial charge in [0.15, 0.2) is 0 Å². The summed E-state index contributed by atoms with van der Waals surface area (Å²) in [6.07, 6.45) is 3.35. The zero-order chi connectivity index (χ0) is 20.6. The second kappa shape index (κ2) is 10.1. The number of hydrogen-bond donors (Lipinski definition) is 0. The van der Waals surface area contributed by atoms with E-state index in [1.165, 1.54) is 5.56 Å². The highest BCUT2D eigenvalue weighted by atomic mass is 35.5. The third-order valence-corrected chi connectivity index (χ3v) is 5.47. The highest BCUT2D eigenvalue weighted by Crippen LogP contribution is 2.22. The molecule has 0 N–H and O–H groups in total. The van der Waals surface area contributed by atoms with Gasteiger partial charge < -0.3 is 4.74 Å². The first kappa shape index (κ1) is 20.2. The first-order chi connectivity index (χ1) is 14.8. The van der Waals surface area contributed by atoms with E-state index in [1.54, 1.807) is 29.0 Å². The molecule has 3 aromatic carbocycles. The number of nitrogens with zero attached hydrogens (tertiary/aromatic N) is 4. The minimum absolute atomic E-state index is 0.427. The molecule has 0 spiro atoms. The number of thioether (sulfide) groups is 1. The van der Waals surface area contributed by atoms with Crippen LogP contribution in [-0.2, 0) is 12.4 Å². The molecule has 0 saturated heterocycles. The second-order valence-electron chi connectivity index (χ2n) is 6.43. The fraction of sp³-hybridized carbons (Fsp3) is 0.0870. The van der Waals surface area contributed by atoms with Crippen molar-refractivity contribution < 1.29 is 4.74 Å². The molecule has 30 heavy (non-hydrogen) atoms. The van der Waals surface area contributed by atoms with E-state index in [2.05, 4.69) is 27.4 Å². The van der Waals surface area contributed by atoms with Crippen molar-refractivity contribution in [2.45, 2.75) is 17.5 Å². The van der Waals surface area contributed by atoms with Crippen molar-refractivity contribution in [3.05, 3.63) is 107 Å². The molecule has 0 unspecified atom stereocenters. The Kier molecular flexibility index (Phi) is 6.79. The maximum absolute atomic E-state index is 6.05. The molecule has 0 radical (unpaired) electrons. The van der Waals surface area contributed by atoms with Crippen LogP contribution in [0.15, 0.2) is 95.4 Å². The van der Waals surface area contributed by atoms with Crippen LogP contribution in [0.5, 0.6) is 5.75 Å². The van der Waals surface area contributed by atoms with Gasteiger partial charge in [-0.2, -0.15) is 9.78 Å². The van der Waals surface area contributed by atoms with Crippen LogP contribution >= 0.6 is 23.4 Å². The van der Waals surface area contributed by atoms with Crippen LogP contribution in [0.3, 0.4) is 0 Å². The predicted octanol–water partition coefficient (Wildman–Crippen LogP) is 5.69. The fourth-order valence-corrected chi connectivity index (χ4v) is 3.78. The summed E-state index contributed by atoms with van der Waals surface area (Å²) in [6, 6.07) is 25.6. The summed E-state index contributed by atoms with van der Waals surface area (Å²) in [5.41, 5.74) is 3.10. The summed E-state index contributed by atoms with van der Waals surface area (Å²) >= 11 is 7.64. The lowest BCUT2D eigenvalue weighted by molar-refractivity contribution is 0.306. The minimum Gasteiger partial charge on any atom is -0.488 e. The van der Waals surface area contributed by atoms with E-state index >= 15 is 0 Å². The SMILES string of the molecule is Clc1cccc(COc2ccccc2/C=N/n2cnnc2SCc2ccccc2)c1. The Bertz CT molecular complexity index is 1130. The first-order valence-corrected chi connectivity index (χ1v) is 10.7. The Hall–Kier alpha value is -3.09. The van der Waals surface area contributed by atoms with Crippen LogP contribution in [0.2, 0.25) is 5.02 Å². The Labute approximate surface area is 184 Å². The number of hydrogen-bond acceptors (Lipinski definition) is 5. The van der Waals surface area contributed by atoms with Crippen molar-refractivity contribution in [3.8, 4) is 5.75 Å². The van der Waals surface area contributed by atoms with Crippen LogP contribution in [0.1, 0.15) is 16.7 Å². The summed E-state index contributed by atoms with van der Waals surface area (Å²) in [5, 5.41) is 14.1. The average molecular weight is 435 g/mol. The van der Waals surface area contributed by atoms with Gasteiger partial charge in [0.25, 0.3) is 0 Å². The number of aromatic nitrogens is 3. The minimum atomic E-state index is 0.427. The second-order valence-corrected chi connectivity index (χ2v) is 7.81. The van der Waals surface area contributed by atoms with Crippen LogP contribution in [0.4, 0.5) is 0 Å². The van der Waals surface area contributed by atoms with Gasteiger partial charge in [0.05, 0.1) is 6.21 Å². The summed E-state index contributed by atoms with van der Waals surface area (Å²) in [5.74, 6) is 1.54. The summed E-state index contributed by atoms with van der Waals surface area (Å²) in [6.45, 7) is 0.427. The maximum Gasteiger partial charge on any atom is 0.212 e. The zero-order valence-electron chi connectivity index (χ0n) is 16.1. The van der Waals surface area contributed by atoms with Gasteiger partial charge in [-0.25, -0.2) is 0 Å². The van der Waals surface area contributed by atoms with E-state index < -0.39 is 0 Å². The molecule has 4 rings (SSSR count). The van der Waals surface area contributed by atoms with E-state index in [9.17, 15) is 0 Å². The third-order valence-electron chi connectivity index (χ3n) is 4.23. The lowest BCUT2D eigenvalue weighted by Gasteiger charge is -2.09. The largest absolute Gasteiger partial charge is 0.488 e. The van der Waals surface area contributed by atoms with Crippen LogP contribution in [-0.4, -0.2) is 21.1 Å². The lowest BCUT2D eigenvalue weighted by atomic mass is 10.2. The number of ether oxygens (including phenoxy) is 1. The molecule has 0 fully saturated rings. The molecule has 0 aliphatic heterocycles. The normalized spacial score (nSPS) is 11.1. The van der Waals surface area contributed by atoms with Gasteiger partial charge in [-0.1, -0.05) is 78.0 Å². The molecule has 1 heterocycles. The molecule has 0 bridgehead atoms. The molecule has 4 aromatic rings. The van der Waals surface area contributed by atoms with Gasteiger partial charge in [0, 0.05) is 16.3 Å². The highest BCUT2D eigenvalue weighted by molar-refractivity contribution is 7.98. The standard InChI is InChI=1S/C23H19ClN4OS/c24-21-11-6-9-19(13-21)15-29-22-12-5-4-10-20(22)14-26-28-17-25-27-23(28)30-16-18-7-2-1-3-8-18/h1-14,17H,15-16H2/b26-14+. The fourth-order valence-electron chi connectivity index (χ4n) is 2.75. The predicted molar refractivity (Wildman–Crippen MR) is 121 cm³/mol. The van der Waals surface area contributed by atoms with Gasteiger partial charge in [0.2, 0.25) is 5.16 Å². The molecule has 0 atom stereocenters. The van der Waals surface area contributed by atoms with E-state index in [4.69, 9.17) is 16.3 Å². The van der Waals surface area contributed by atoms with Gasteiger partial charge in [-0.3, -0.25) is 0 Å². The quantitative estimate of drug-likeness (QED) is 0.264. The van der Waals surface area contributed by atoms with Crippen LogP contribution < -0.4 is 4.74 Å². The van der Waals surface area contributed by atoms with Gasteiger partial charge in [-0.15, -0.1) is 10.2 Å². The molecule has 1 aromatic heterocycles. The van der Waals surface area contributed by atoms with Crippen molar-refractivity contribution >= 4 is 29.6 Å². The Morgan fingerprint density at radius 2 is 1.77 bits per heavy atom. The maximum atomic E-state index is 6.05. The van der Waals surface area contributed by atoms with E-state index in [-0.39, 0.29) is 0 Å². The van der Waals surface area contributed by atoms with E-state index in [1.807, 2.05) is 66.7 Å². The molecular formula is C23H19ClN4OS. The molecule has 0 aliphatic carbocycles. The van der Waals surface area contributed by atoms with Crippen molar-refractivity contribution in [2.75, 3.05) is 0 Å². The monoisotopic (exact) mass is 434 g/mol. The number of halogens is 1. The molecule has 0 amide bonds. The molecule has 7 heteroatoms. The van der Waals surface area contributed by atoms with Gasteiger partial charge in [0.1, 0.15) is 18.7 Å². The zero-order valence-corrected chi connectivity index (χ0v) is 17.6. The van der Waals surface area contributed by atoms with Crippen LogP contribution in [0, 0.1) is 0 Å². The molecule has 150 valence electrons. The van der Waals surface area contributed by atoms with Gasteiger partial charge >= 0.3 is 0 Å². The molecular weight excluding hydrogens is 416 g/mol. The number of benzene rings is 3. The molecule has 0 aliphatic rings. The van der Waals surface area contributed by atoms with Crippen molar-refractivity contribution in [3.63, 3.8) is 0 Å². The van der Waals surface area contributed by atoms with Crippen molar-refractivity contribution in [1.29, 1.82) is 0 Å². The molecule has 5 nitrogen and oxygen atoms in total. The number of para-hydroxylation sites is 1. The summed E-state index contributed by atoms with van der Waals surface area (Å²) < 4.78 is 7.66. The number of rotatable bonds is 8. The average Bonchev–Trinajstić information content (AvgIpc) is 3.23. The smallest absolute Gasteiger partial charge is 0.212 e. The van der Waals surface area contributed by atoms with Gasteiger partial charge in [-0.05, 0) is 35.4 Å². The third kappa shape index (κ3) is 5.49. The first-order valence-electron chi connectivity index (χ1n) is 9.35. The van der Waals surface area contributed by atoms with Crippen LogP contribution in [0.25, 0.3) is 0 Å².